The highest BCUT2D eigenvalue weighted by Crippen LogP contribution is 2.10. The van der Waals surface area contributed by atoms with Crippen molar-refractivity contribution >= 4 is 11.2 Å². The molecule has 0 bridgehead atoms. The average molecular weight is 167 g/mol. The molecule has 1 aromatic rings. The minimum atomic E-state index is -0.853. The van der Waals surface area contributed by atoms with Gasteiger partial charge in [0.05, 0.1) is 0 Å². The van der Waals surface area contributed by atoms with E-state index in [0.29, 0.717) is 0 Å². The van der Waals surface area contributed by atoms with E-state index in [1.54, 1.807) is 6.26 Å². The van der Waals surface area contributed by atoms with Crippen molar-refractivity contribution in [3.05, 3.63) is 36.2 Å². The third-order valence-electron chi connectivity index (χ3n) is 1.55. The summed E-state index contributed by atoms with van der Waals surface area (Å²) in [4.78, 5) is 0.885. The summed E-state index contributed by atoms with van der Waals surface area (Å²) in [5.74, 6) is 0. The van der Waals surface area contributed by atoms with Gasteiger partial charge in [0.15, 0.2) is 4.90 Å². The van der Waals surface area contributed by atoms with E-state index in [1.807, 2.05) is 37.6 Å². The zero-order chi connectivity index (χ0) is 8.27. The Kier molecular flexibility index (Phi) is 2.97. The second kappa shape index (κ2) is 3.79. The normalized spacial score (nSPS) is 13.0. The van der Waals surface area contributed by atoms with Crippen molar-refractivity contribution in [2.24, 2.45) is 0 Å². The number of hydrogen-bond acceptors (Lipinski definition) is 1. The topological polar surface area (TPSA) is 23.1 Å². The van der Waals surface area contributed by atoms with Gasteiger partial charge in [0, 0.05) is 0 Å². The first kappa shape index (κ1) is 8.62. The molecule has 1 aromatic carbocycles. The van der Waals surface area contributed by atoms with Gasteiger partial charge in [0.1, 0.15) is 6.26 Å². The van der Waals surface area contributed by atoms with Crippen LogP contribution in [-0.2, 0) is 11.2 Å². The highest BCUT2D eigenvalue weighted by Gasteiger charge is 2.01. The van der Waals surface area contributed by atoms with Crippen LogP contribution >= 0.6 is 0 Å². The molecule has 1 nitrogen and oxygen atoms in total. The van der Waals surface area contributed by atoms with Crippen molar-refractivity contribution in [3.8, 4) is 0 Å². The quantitative estimate of drug-likeness (QED) is 0.618. The fourth-order valence-electron chi connectivity index (χ4n) is 0.852. The van der Waals surface area contributed by atoms with E-state index in [4.69, 9.17) is 0 Å². The van der Waals surface area contributed by atoms with E-state index >= 15 is 0 Å². The van der Waals surface area contributed by atoms with E-state index in [0.717, 1.165) is 4.90 Å². The van der Waals surface area contributed by atoms with E-state index in [1.165, 1.54) is 5.56 Å². The van der Waals surface area contributed by atoms with Crippen molar-refractivity contribution in [2.75, 3.05) is 6.26 Å². The number of hydrogen-bond donors (Lipinski definition) is 0. The Balaban J connectivity index is 2.83. The van der Waals surface area contributed by atoms with Crippen molar-refractivity contribution in [2.45, 2.75) is 11.8 Å². The Morgan fingerprint density at radius 1 is 1.27 bits per heavy atom. The number of rotatable bonds is 2. The van der Waals surface area contributed by atoms with Gasteiger partial charge in [-0.3, -0.25) is 0 Å². The summed E-state index contributed by atoms with van der Waals surface area (Å²) >= 11 is -0.853. The van der Waals surface area contributed by atoms with E-state index in [-0.39, 0.29) is 0 Å². The lowest BCUT2D eigenvalue weighted by Gasteiger charge is -2.03. The van der Waals surface area contributed by atoms with Gasteiger partial charge in [0.2, 0.25) is 0 Å². The molecule has 1 radical (unpaired) electrons. The Morgan fingerprint density at radius 2 is 1.82 bits per heavy atom. The Bertz CT molecular complexity index is 216. The predicted octanol–water partition coefficient (Wildman–Crippen LogP) is 2.00. The predicted molar refractivity (Wildman–Crippen MR) is 47.9 cm³/mol. The Morgan fingerprint density at radius 3 is 2.18 bits per heavy atom. The molecule has 0 aliphatic rings. The first-order valence-electron chi connectivity index (χ1n) is 3.47. The zero-order valence-corrected chi connectivity index (χ0v) is 7.52. The van der Waals surface area contributed by atoms with Crippen molar-refractivity contribution in [1.82, 2.24) is 0 Å². The lowest BCUT2D eigenvalue weighted by Crippen LogP contribution is -1.96. The fraction of sp³-hybridized carbons (Fsp3) is 0.222. The molecule has 1 rings (SSSR count). The molecule has 0 N–H and O–H groups in total. The van der Waals surface area contributed by atoms with Gasteiger partial charge in [-0.2, -0.15) is 0 Å². The molecule has 0 saturated heterocycles. The van der Waals surface area contributed by atoms with Crippen molar-refractivity contribution < 1.29 is 4.55 Å². The van der Waals surface area contributed by atoms with Crippen LogP contribution in [0.4, 0.5) is 0 Å². The summed E-state index contributed by atoms with van der Waals surface area (Å²) in [6, 6.07) is 7.73. The van der Waals surface area contributed by atoms with Gasteiger partial charge < -0.3 is 4.55 Å². The molecule has 0 saturated carbocycles. The van der Waals surface area contributed by atoms with Crippen molar-refractivity contribution in [3.63, 3.8) is 0 Å². The highest BCUT2D eigenvalue weighted by atomic mass is 32.2. The first-order chi connectivity index (χ1) is 5.24. The minimum Gasteiger partial charge on any atom is -0.612 e. The fourth-order valence-corrected chi connectivity index (χ4v) is 1.37. The van der Waals surface area contributed by atoms with E-state index in [9.17, 15) is 4.55 Å². The van der Waals surface area contributed by atoms with Crippen LogP contribution < -0.4 is 0 Å². The first-order valence-corrected chi connectivity index (χ1v) is 5.02. The third kappa shape index (κ3) is 2.24. The standard InChI is InChI=1S/C9H11OS/c1-3-8-4-6-9(7-5-8)11(2)10/h3-7H,1-2H3. The second-order valence-electron chi connectivity index (χ2n) is 2.31. The molecular formula is C9H11OS. The van der Waals surface area contributed by atoms with Gasteiger partial charge in [-0.15, -0.1) is 0 Å². The largest absolute Gasteiger partial charge is 0.612 e. The van der Waals surface area contributed by atoms with E-state index in [2.05, 4.69) is 0 Å². The molecule has 2 heteroatoms. The van der Waals surface area contributed by atoms with Gasteiger partial charge in [-0.25, -0.2) is 0 Å². The summed E-state index contributed by atoms with van der Waals surface area (Å²) < 4.78 is 10.9. The van der Waals surface area contributed by atoms with Gasteiger partial charge in [0.25, 0.3) is 0 Å². The molecule has 0 aliphatic heterocycles. The molecule has 1 unspecified atom stereocenters. The van der Waals surface area contributed by atoms with Crippen LogP contribution in [0.25, 0.3) is 0 Å². The summed E-state index contributed by atoms with van der Waals surface area (Å²) in [5.41, 5.74) is 1.17. The van der Waals surface area contributed by atoms with Crippen LogP contribution in [0.2, 0.25) is 0 Å². The third-order valence-corrected chi connectivity index (χ3v) is 2.48. The molecule has 0 fully saturated rings. The lowest BCUT2D eigenvalue weighted by atomic mass is 10.2. The molecule has 0 aliphatic carbocycles. The zero-order valence-electron chi connectivity index (χ0n) is 6.70. The van der Waals surface area contributed by atoms with Gasteiger partial charge in [-0.05, 0) is 35.3 Å². The Labute approximate surface area is 70.6 Å². The van der Waals surface area contributed by atoms with Crippen LogP contribution in [0.15, 0.2) is 29.2 Å². The van der Waals surface area contributed by atoms with Gasteiger partial charge >= 0.3 is 0 Å². The maximum absolute atomic E-state index is 10.9. The van der Waals surface area contributed by atoms with Crippen LogP contribution in [0.1, 0.15) is 12.5 Å². The minimum absolute atomic E-state index is 0.853. The van der Waals surface area contributed by atoms with Gasteiger partial charge in [-0.1, -0.05) is 19.1 Å². The molecular weight excluding hydrogens is 156 g/mol. The monoisotopic (exact) mass is 167 g/mol. The molecule has 11 heavy (non-hydrogen) atoms. The Hall–Kier alpha value is -0.470. The molecule has 1 atom stereocenters. The maximum Gasteiger partial charge on any atom is 0.152 e. The summed E-state index contributed by atoms with van der Waals surface area (Å²) in [5, 5.41) is 0. The van der Waals surface area contributed by atoms with Crippen LogP contribution in [0.3, 0.4) is 0 Å². The van der Waals surface area contributed by atoms with Crippen LogP contribution in [-0.4, -0.2) is 10.8 Å². The van der Waals surface area contributed by atoms with Crippen molar-refractivity contribution in [1.29, 1.82) is 0 Å². The van der Waals surface area contributed by atoms with E-state index < -0.39 is 11.2 Å². The molecule has 59 valence electrons. The highest BCUT2D eigenvalue weighted by molar-refractivity contribution is 7.90. The summed E-state index contributed by atoms with van der Waals surface area (Å²) in [7, 11) is 0. The second-order valence-corrected chi connectivity index (χ2v) is 3.69. The van der Waals surface area contributed by atoms with Crippen LogP contribution in [0.5, 0.6) is 0 Å². The summed E-state index contributed by atoms with van der Waals surface area (Å²) in [6.45, 7) is 1.98. The molecule has 0 heterocycles. The molecule has 0 spiro atoms. The lowest BCUT2D eigenvalue weighted by molar-refractivity contribution is 0.601. The molecule has 0 amide bonds. The maximum atomic E-state index is 10.9. The number of benzene rings is 1. The summed E-state index contributed by atoms with van der Waals surface area (Å²) in [6.07, 6.45) is 3.70. The molecule has 0 aromatic heterocycles. The SMILES string of the molecule is C[CH]c1ccc([S+](C)[O-])cc1. The van der Waals surface area contributed by atoms with Crippen LogP contribution in [0, 0.1) is 6.42 Å². The smallest absolute Gasteiger partial charge is 0.152 e. The average Bonchev–Trinajstić information content (AvgIpc) is 2.05.